The summed E-state index contributed by atoms with van der Waals surface area (Å²) in [5, 5.41) is 11.8. The molecule has 1 amide bonds. The summed E-state index contributed by atoms with van der Waals surface area (Å²) in [6.07, 6.45) is 7.22. The van der Waals surface area contributed by atoms with Gasteiger partial charge in [-0.05, 0) is 13.3 Å². The van der Waals surface area contributed by atoms with Gasteiger partial charge in [0.25, 0.3) is 0 Å². The number of aliphatic hydroxyl groups excluding tert-OH is 1. The summed E-state index contributed by atoms with van der Waals surface area (Å²) in [6.45, 7) is 4.05. The van der Waals surface area contributed by atoms with Gasteiger partial charge in [0, 0.05) is 31.4 Å². The van der Waals surface area contributed by atoms with E-state index in [-0.39, 0.29) is 11.9 Å². The lowest BCUT2D eigenvalue weighted by Gasteiger charge is -2.17. The second-order valence-electron chi connectivity index (χ2n) is 4.31. The second kappa shape index (κ2) is 7.06. The van der Waals surface area contributed by atoms with Gasteiger partial charge >= 0.3 is 0 Å². The summed E-state index contributed by atoms with van der Waals surface area (Å²) in [4.78, 5) is 15.7. The standard InChI is InChI=1S/C12H21N3O2/c1-3-4-11(15-6-5-13-9-15)7-12(17)14-8-10(2)16/h5-6,9-11,16H,3-4,7-8H2,1-2H3,(H,14,17). The zero-order valence-electron chi connectivity index (χ0n) is 10.5. The predicted octanol–water partition coefficient (Wildman–Crippen LogP) is 1.11. The van der Waals surface area contributed by atoms with Crippen LogP contribution in [-0.4, -0.2) is 33.2 Å². The highest BCUT2D eigenvalue weighted by Crippen LogP contribution is 2.17. The Bertz CT molecular complexity index is 323. The van der Waals surface area contributed by atoms with Crippen LogP contribution >= 0.6 is 0 Å². The summed E-state index contributed by atoms with van der Waals surface area (Å²) in [5.74, 6) is -0.0296. The fourth-order valence-corrected chi connectivity index (χ4v) is 1.72. The molecule has 0 aromatic carbocycles. The maximum Gasteiger partial charge on any atom is 0.222 e. The van der Waals surface area contributed by atoms with Gasteiger partial charge in [0.1, 0.15) is 0 Å². The lowest BCUT2D eigenvalue weighted by atomic mass is 10.1. The molecule has 2 unspecified atom stereocenters. The fraction of sp³-hybridized carbons (Fsp3) is 0.667. The van der Waals surface area contributed by atoms with E-state index in [2.05, 4.69) is 17.2 Å². The van der Waals surface area contributed by atoms with Crippen molar-refractivity contribution in [2.24, 2.45) is 0 Å². The summed E-state index contributed by atoms with van der Waals surface area (Å²) in [6, 6.07) is 0.150. The molecular formula is C12H21N3O2. The highest BCUT2D eigenvalue weighted by Gasteiger charge is 2.14. The van der Waals surface area contributed by atoms with Gasteiger partial charge in [-0.3, -0.25) is 4.79 Å². The average Bonchev–Trinajstić information content (AvgIpc) is 2.79. The first kappa shape index (κ1) is 13.7. The minimum Gasteiger partial charge on any atom is -0.392 e. The summed E-state index contributed by atoms with van der Waals surface area (Å²) in [5.41, 5.74) is 0. The van der Waals surface area contributed by atoms with Crippen molar-refractivity contribution in [3.05, 3.63) is 18.7 Å². The Balaban J connectivity index is 2.47. The van der Waals surface area contributed by atoms with E-state index >= 15 is 0 Å². The summed E-state index contributed by atoms with van der Waals surface area (Å²) < 4.78 is 1.96. The lowest BCUT2D eigenvalue weighted by molar-refractivity contribution is -0.122. The van der Waals surface area contributed by atoms with Crippen LogP contribution in [0, 0.1) is 0 Å². The van der Waals surface area contributed by atoms with Crippen molar-refractivity contribution in [3.8, 4) is 0 Å². The number of aliphatic hydroxyl groups is 1. The molecule has 17 heavy (non-hydrogen) atoms. The van der Waals surface area contributed by atoms with E-state index in [4.69, 9.17) is 5.11 Å². The van der Waals surface area contributed by atoms with Crippen molar-refractivity contribution >= 4 is 5.91 Å². The monoisotopic (exact) mass is 239 g/mol. The van der Waals surface area contributed by atoms with Crippen molar-refractivity contribution in [2.45, 2.75) is 45.3 Å². The smallest absolute Gasteiger partial charge is 0.222 e. The van der Waals surface area contributed by atoms with Crippen molar-refractivity contribution in [2.75, 3.05) is 6.54 Å². The number of imidazole rings is 1. The molecular weight excluding hydrogens is 218 g/mol. The van der Waals surface area contributed by atoms with E-state index in [9.17, 15) is 4.79 Å². The predicted molar refractivity (Wildman–Crippen MR) is 65.5 cm³/mol. The van der Waals surface area contributed by atoms with Crippen LogP contribution in [0.1, 0.15) is 39.2 Å². The zero-order valence-corrected chi connectivity index (χ0v) is 10.5. The van der Waals surface area contributed by atoms with Crippen LogP contribution in [0.2, 0.25) is 0 Å². The first-order valence-electron chi connectivity index (χ1n) is 6.05. The lowest BCUT2D eigenvalue weighted by Crippen LogP contribution is -2.32. The molecule has 1 heterocycles. The van der Waals surface area contributed by atoms with Crippen LogP contribution in [0.3, 0.4) is 0 Å². The molecule has 0 fully saturated rings. The van der Waals surface area contributed by atoms with Crippen LogP contribution in [-0.2, 0) is 4.79 Å². The molecule has 5 heteroatoms. The third-order valence-corrected chi connectivity index (χ3v) is 2.58. The molecule has 96 valence electrons. The fourth-order valence-electron chi connectivity index (χ4n) is 1.72. The maximum absolute atomic E-state index is 11.7. The van der Waals surface area contributed by atoms with Crippen LogP contribution in [0.4, 0.5) is 0 Å². The Kier molecular flexibility index (Phi) is 5.69. The number of carbonyl (C=O) groups excluding carboxylic acids is 1. The zero-order chi connectivity index (χ0) is 12.7. The maximum atomic E-state index is 11.7. The van der Waals surface area contributed by atoms with Crippen molar-refractivity contribution in [3.63, 3.8) is 0 Å². The SMILES string of the molecule is CCCC(CC(=O)NCC(C)O)n1ccnc1. The Hall–Kier alpha value is -1.36. The third-order valence-electron chi connectivity index (χ3n) is 2.58. The van der Waals surface area contributed by atoms with Crippen molar-refractivity contribution in [1.29, 1.82) is 0 Å². The molecule has 0 aliphatic rings. The van der Waals surface area contributed by atoms with Gasteiger partial charge in [-0.2, -0.15) is 0 Å². The number of hydrogen-bond acceptors (Lipinski definition) is 3. The number of hydrogen-bond donors (Lipinski definition) is 2. The molecule has 1 aromatic heterocycles. The number of carbonyl (C=O) groups is 1. The van der Waals surface area contributed by atoms with Gasteiger partial charge in [0.05, 0.1) is 12.4 Å². The van der Waals surface area contributed by atoms with Crippen LogP contribution in [0.25, 0.3) is 0 Å². The van der Waals surface area contributed by atoms with Crippen molar-refractivity contribution in [1.82, 2.24) is 14.9 Å². The molecule has 0 spiro atoms. The molecule has 2 N–H and O–H groups in total. The number of nitrogens with one attached hydrogen (secondary N) is 1. The number of nitrogens with zero attached hydrogens (tertiary/aromatic N) is 2. The van der Waals surface area contributed by atoms with Crippen LogP contribution < -0.4 is 5.32 Å². The van der Waals surface area contributed by atoms with Crippen LogP contribution in [0.15, 0.2) is 18.7 Å². The first-order valence-corrected chi connectivity index (χ1v) is 6.05. The van der Waals surface area contributed by atoms with Crippen LogP contribution in [0.5, 0.6) is 0 Å². The summed E-state index contributed by atoms with van der Waals surface area (Å²) in [7, 11) is 0. The molecule has 0 aliphatic carbocycles. The van der Waals surface area contributed by atoms with Gasteiger partial charge in [-0.1, -0.05) is 13.3 Å². The van der Waals surface area contributed by atoms with Gasteiger partial charge < -0.3 is 15.0 Å². The highest BCUT2D eigenvalue weighted by molar-refractivity contribution is 5.76. The molecule has 5 nitrogen and oxygen atoms in total. The van der Waals surface area contributed by atoms with Gasteiger partial charge in [-0.25, -0.2) is 4.98 Å². The Morgan fingerprint density at radius 2 is 2.35 bits per heavy atom. The number of amides is 1. The molecule has 0 saturated carbocycles. The van der Waals surface area contributed by atoms with E-state index in [1.54, 1.807) is 19.4 Å². The molecule has 2 atom stereocenters. The van der Waals surface area contributed by atoms with E-state index in [0.717, 1.165) is 12.8 Å². The number of aromatic nitrogens is 2. The minimum atomic E-state index is -0.503. The normalized spacial score (nSPS) is 14.3. The van der Waals surface area contributed by atoms with Gasteiger partial charge in [0.2, 0.25) is 5.91 Å². The first-order chi connectivity index (χ1) is 8.13. The quantitative estimate of drug-likeness (QED) is 0.749. The Labute approximate surface area is 102 Å². The van der Waals surface area contributed by atoms with E-state index in [0.29, 0.717) is 13.0 Å². The van der Waals surface area contributed by atoms with Gasteiger partial charge in [-0.15, -0.1) is 0 Å². The average molecular weight is 239 g/mol. The van der Waals surface area contributed by atoms with E-state index in [1.165, 1.54) is 0 Å². The Morgan fingerprint density at radius 1 is 1.59 bits per heavy atom. The largest absolute Gasteiger partial charge is 0.392 e. The summed E-state index contributed by atoms with van der Waals surface area (Å²) >= 11 is 0. The topological polar surface area (TPSA) is 67.2 Å². The molecule has 0 bridgehead atoms. The Morgan fingerprint density at radius 3 is 2.88 bits per heavy atom. The third kappa shape index (κ3) is 4.99. The second-order valence-corrected chi connectivity index (χ2v) is 4.31. The van der Waals surface area contributed by atoms with Crippen molar-refractivity contribution < 1.29 is 9.90 Å². The number of rotatable bonds is 7. The molecule has 0 saturated heterocycles. The van der Waals surface area contributed by atoms with E-state index < -0.39 is 6.10 Å². The highest BCUT2D eigenvalue weighted by atomic mass is 16.3. The van der Waals surface area contributed by atoms with E-state index in [1.807, 2.05) is 10.8 Å². The van der Waals surface area contributed by atoms with Gasteiger partial charge in [0.15, 0.2) is 0 Å². The molecule has 1 rings (SSSR count). The molecule has 1 aromatic rings. The molecule has 0 radical (unpaired) electrons. The minimum absolute atomic E-state index is 0.0296. The molecule has 0 aliphatic heterocycles.